The highest BCUT2D eigenvalue weighted by Crippen LogP contribution is 2.18. The normalized spacial score (nSPS) is 17.4. The molecular weight excluding hydrogens is 182 g/mol. The van der Waals surface area contributed by atoms with Crippen LogP contribution in [0.2, 0.25) is 0 Å². The van der Waals surface area contributed by atoms with E-state index in [1.807, 2.05) is 0 Å². The van der Waals surface area contributed by atoms with Gasteiger partial charge in [0, 0.05) is 13.1 Å². The first kappa shape index (κ1) is 11.0. The largest absolute Gasteiger partial charge is 0.352 e. The van der Waals surface area contributed by atoms with Gasteiger partial charge in [0.1, 0.15) is 0 Å². The number of carbonyl (C=O) groups is 2. The molecule has 1 atom stereocenters. The zero-order chi connectivity index (χ0) is 10.7. The van der Waals surface area contributed by atoms with Gasteiger partial charge in [-0.3, -0.25) is 9.59 Å². The molecule has 1 fully saturated rings. The molecule has 0 aromatic heterocycles. The molecule has 3 N–H and O–H groups in total. The summed E-state index contributed by atoms with van der Waals surface area (Å²) < 4.78 is 0. The highest BCUT2D eigenvalue weighted by molar-refractivity contribution is 5.87. The summed E-state index contributed by atoms with van der Waals surface area (Å²) in [7, 11) is 1.58. The van der Waals surface area contributed by atoms with E-state index in [4.69, 9.17) is 5.73 Å². The van der Waals surface area contributed by atoms with E-state index >= 15 is 0 Å². The Morgan fingerprint density at radius 1 is 1.57 bits per heavy atom. The first-order chi connectivity index (χ1) is 6.50. The molecule has 1 rings (SSSR count). The van der Waals surface area contributed by atoms with Crippen LogP contribution < -0.4 is 11.1 Å². The lowest BCUT2D eigenvalue weighted by Gasteiger charge is -2.18. The van der Waals surface area contributed by atoms with Crippen LogP contribution in [0.15, 0.2) is 0 Å². The van der Waals surface area contributed by atoms with Crippen LogP contribution in [-0.4, -0.2) is 42.4 Å². The Kier molecular flexibility index (Phi) is 3.46. The summed E-state index contributed by atoms with van der Waals surface area (Å²) in [6, 6.07) is -0.213. The predicted molar refractivity (Wildman–Crippen MR) is 52.5 cm³/mol. The zero-order valence-corrected chi connectivity index (χ0v) is 8.62. The van der Waals surface area contributed by atoms with E-state index in [-0.39, 0.29) is 18.4 Å². The number of likely N-dealkylation sites (N-methyl/N-ethyl adjacent to an activating group) is 1. The first-order valence-electron chi connectivity index (χ1n) is 4.80. The van der Waals surface area contributed by atoms with Crippen LogP contribution in [0, 0.1) is 0 Å². The van der Waals surface area contributed by atoms with Gasteiger partial charge in [-0.15, -0.1) is 0 Å². The van der Waals surface area contributed by atoms with E-state index in [2.05, 4.69) is 5.32 Å². The molecule has 1 aliphatic carbocycles. The van der Waals surface area contributed by atoms with Gasteiger partial charge in [-0.05, 0) is 19.8 Å². The molecule has 1 aliphatic rings. The summed E-state index contributed by atoms with van der Waals surface area (Å²) in [4.78, 5) is 23.9. The number of hydrogen-bond donors (Lipinski definition) is 2. The maximum atomic E-state index is 11.3. The van der Waals surface area contributed by atoms with Crippen LogP contribution in [0.4, 0.5) is 0 Å². The lowest BCUT2D eigenvalue weighted by molar-refractivity contribution is -0.135. The van der Waals surface area contributed by atoms with Crippen LogP contribution in [-0.2, 0) is 9.59 Å². The highest BCUT2D eigenvalue weighted by atomic mass is 16.2. The van der Waals surface area contributed by atoms with Crippen molar-refractivity contribution in [2.24, 2.45) is 5.73 Å². The average molecular weight is 199 g/mol. The lowest BCUT2D eigenvalue weighted by atomic mass is 10.3. The van der Waals surface area contributed by atoms with Crippen LogP contribution in [0.1, 0.15) is 19.8 Å². The third kappa shape index (κ3) is 3.33. The van der Waals surface area contributed by atoms with Crippen LogP contribution in [0.3, 0.4) is 0 Å². The summed E-state index contributed by atoms with van der Waals surface area (Å²) in [5.74, 6) is -0.319. The number of nitrogens with zero attached hydrogens (tertiary/aromatic N) is 1. The Hall–Kier alpha value is -1.10. The van der Waals surface area contributed by atoms with E-state index in [1.165, 1.54) is 4.90 Å². The zero-order valence-electron chi connectivity index (χ0n) is 8.62. The molecule has 0 spiro atoms. The predicted octanol–water partition coefficient (Wildman–Crippen LogP) is -0.929. The molecule has 0 saturated heterocycles. The van der Waals surface area contributed by atoms with Crippen LogP contribution in [0.5, 0.6) is 0 Å². The molecule has 5 nitrogen and oxygen atoms in total. The molecular formula is C9H17N3O2. The second kappa shape index (κ2) is 4.41. The Balaban J connectivity index is 2.27. The fraction of sp³-hybridized carbons (Fsp3) is 0.778. The van der Waals surface area contributed by atoms with Crippen molar-refractivity contribution in [1.82, 2.24) is 10.2 Å². The molecule has 0 aromatic carbocycles. The van der Waals surface area contributed by atoms with E-state index in [0.29, 0.717) is 6.04 Å². The number of carbonyl (C=O) groups excluding carboxylic acids is 2. The van der Waals surface area contributed by atoms with Crippen molar-refractivity contribution in [3.8, 4) is 0 Å². The van der Waals surface area contributed by atoms with Gasteiger partial charge in [0.25, 0.3) is 0 Å². The van der Waals surface area contributed by atoms with Gasteiger partial charge < -0.3 is 16.0 Å². The molecule has 0 aromatic rings. The Bertz CT molecular complexity index is 236. The minimum absolute atomic E-state index is 0.0941. The quantitative estimate of drug-likeness (QED) is 0.614. The molecule has 80 valence electrons. The number of nitrogens with one attached hydrogen (secondary N) is 1. The Morgan fingerprint density at radius 2 is 2.14 bits per heavy atom. The molecule has 1 saturated carbocycles. The third-order valence-corrected chi connectivity index (χ3v) is 2.09. The summed E-state index contributed by atoms with van der Waals surface area (Å²) in [5, 5.41) is 2.80. The summed E-state index contributed by atoms with van der Waals surface area (Å²) in [5.41, 5.74) is 5.40. The molecule has 0 heterocycles. The van der Waals surface area contributed by atoms with E-state index in [0.717, 1.165) is 12.8 Å². The number of hydrogen-bond acceptors (Lipinski definition) is 3. The first-order valence-corrected chi connectivity index (χ1v) is 4.80. The molecule has 5 heteroatoms. The van der Waals surface area contributed by atoms with Crippen molar-refractivity contribution in [2.75, 3.05) is 13.6 Å². The van der Waals surface area contributed by atoms with Gasteiger partial charge in [-0.2, -0.15) is 0 Å². The molecule has 0 radical (unpaired) electrons. The minimum Gasteiger partial charge on any atom is -0.352 e. The fourth-order valence-electron chi connectivity index (χ4n) is 1.14. The average Bonchev–Trinajstić information content (AvgIpc) is 2.86. The molecule has 0 aliphatic heterocycles. The van der Waals surface area contributed by atoms with Crippen LogP contribution in [0.25, 0.3) is 0 Å². The summed E-state index contributed by atoms with van der Waals surface area (Å²) >= 11 is 0. The van der Waals surface area contributed by atoms with Crippen molar-refractivity contribution in [2.45, 2.75) is 31.8 Å². The van der Waals surface area contributed by atoms with Crippen LogP contribution >= 0.6 is 0 Å². The number of nitrogens with two attached hydrogens (primary N) is 1. The molecule has 1 unspecified atom stereocenters. The molecule has 2 amide bonds. The fourth-order valence-corrected chi connectivity index (χ4v) is 1.14. The van der Waals surface area contributed by atoms with Gasteiger partial charge in [0.05, 0.1) is 12.6 Å². The van der Waals surface area contributed by atoms with Crippen molar-refractivity contribution < 1.29 is 9.59 Å². The standard InChI is InChI=1S/C9H17N3O2/c1-6(10)9(14)12(2)5-8(13)11-7-3-4-7/h6-7H,3-5,10H2,1-2H3,(H,11,13). The van der Waals surface area contributed by atoms with E-state index in [9.17, 15) is 9.59 Å². The van der Waals surface area contributed by atoms with Crippen molar-refractivity contribution in [3.63, 3.8) is 0 Å². The van der Waals surface area contributed by atoms with E-state index < -0.39 is 6.04 Å². The SMILES string of the molecule is CC(N)C(=O)N(C)CC(=O)NC1CC1. The van der Waals surface area contributed by atoms with Crippen molar-refractivity contribution in [3.05, 3.63) is 0 Å². The second-order valence-corrected chi connectivity index (χ2v) is 3.82. The summed E-state index contributed by atoms with van der Waals surface area (Å²) in [6.45, 7) is 1.70. The number of amides is 2. The maximum absolute atomic E-state index is 11.3. The smallest absolute Gasteiger partial charge is 0.239 e. The topological polar surface area (TPSA) is 75.4 Å². The van der Waals surface area contributed by atoms with Gasteiger partial charge >= 0.3 is 0 Å². The van der Waals surface area contributed by atoms with Crippen molar-refractivity contribution in [1.29, 1.82) is 0 Å². The molecule has 14 heavy (non-hydrogen) atoms. The Labute approximate surface area is 83.6 Å². The monoisotopic (exact) mass is 199 g/mol. The van der Waals surface area contributed by atoms with Crippen molar-refractivity contribution >= 4 is 11.8 Å². The molecule has 0 bridgehead atoms. The lowest BCUT2D eigenvalue weighted by Crippen LogP contribution is -2.45. The minimum atomic E-state index is -0.547. The Morgan fingerprint density at radius 3 is 2.57 bits per heavy atom. The van der Waals surface area contributed by atoms with Gasteiger partial charge in [0.15, 0.2) is 0 Å². The third-order valence-electron chi connectivity index (χ3n) is 2.09. The summed E-state index contributed by atoms with van der Waals surface area (Å²) in [6.07, 6.45) is 2.10. The van der Waals surface area contributed by atoms with Gasteiger partial charge in [0.2, 0.25) is 11.8 Å². The van der Waals surface area contributed by atoms with Gasteiger partial charge in [-0.1, -0.05) is 0 Å². The van der Waals surface area contributed by atoms with E-state index in [1.54, 1.807) is 14.0 Å². The maximum Gasteiger partial charge on any atom is 0.239 e. The second-order valence-electron chi connectivity index (χ2n) is 3.82. The van der Waals surface area contributed by atoms with Gasteiger partial charge in [-0.25, -0.2) is 0 Å². The number of rotatable bonds is 4. The highest BCUT2D eigenvalue weighted by Gasteiger charge is 2.24.